The van der Waals surface area contributed by atoms with Crippen molar-refractivity contribution in [2.45, 2.75) is 38.6 Å². The predicted octanol–water partition coefficient (Wildman–Crippen LogP) is 2.07. The summed E-state index contributed by atoms with van der Waals surface area (Å²) in [5.74, 6) is 2.77. The number of nitrogens with zero attached hydrogens (tertiary/aromatic N) is 6. The quantitative estimate of drug-likeness (QED) is 0.643. The van der Waals surface area contributed by atoms with Crippen LogP contribution in [-0.2, 0) is 11.3 Å². The van der Waals surface area contributed by atoms with Gasteiger partial charge in [-0.3, -0.25) is 14.3 Å². The summed E-state index contributed by atoms with van der Waals surface area (Å²) in [6, 6.07) is 6.45. The van der Waals surface area contributed by atoms with E-state index in [9.17, 15) is 9.59 Å². The normalized spacial score (nSPS) is 30.4. The number of aromatic nitrogens is 2. The predicted molar refractivity (Wildman–Crippen MR) is 140 cm³/mol. The molecule has 9 rings (SSSR count). The fraction of sp³-hybridized carbons (Fsp3) is 0.621. The molecule has 4 heterocycles. The Morgan fingerprint density at radius 1 is 0.973 bits per heavy atom. The van der Waals surface area contributed by atoms with Crippen molar-refractivity contribution < 1.29 is 9.59 Å². The Balaban J connectivity index is 0.961. The highest BCUT2D eigenvalue weighted by Gasteiger charge is 2.81. The Morgan fingerprint density at radius 3 is 2.43 bits per heavy atom. The number of hydrogen-bond acceptors (Lipinski definition) is 5. The van der Waals surface area contributed by atoms with E-state index in [0.29, 0.717) is 22.9 Å². The van der Waals surface area contributed by atoms with Gasteiger partial charge in [0.2, 0.25) is 5.91 Å². The number of benzene rings is 1. The summed E-state index contributed by atoms with van der Waals surface area (Å²) in [4.78, 5) is 35.7. The minimum absolute atomic E-state index is 0.0942. The summed E-state index contributed by atoms with van der Waals surface area (Å²) in [6.45, 7) is 11.6. The van der Waals surface area contributed by atoms with Crippen LogP contribution < -0.4 is 4.90 Å². The SMILES string of the molecule is Cc1cccc(N2CCN(C(=O)Cn3nc(C(=O)N4CC5(CCN(C)C5)C4)c4c3C3C5[C@H]3[C@H]45)CC2)c1C. The highest BCUT2D eigenvalue weighted by molar-refractivity contribution is 5.96. The fourth-order valence-electron chi connectivity index (χ4n) is 8.19. The molecule has 3 aliphatic heterocycles. The molecule has 37 heavy (non-hydrogen) atoms. The first kappa shape index (κ1) is 22.1. The van der Waals surface area contributed by atoms with E-state index in [0.717, 1.165) is 64.2 Å². The number of rotatable bonds is 4. The van der Waals surface area contributed by atoms with E-state index in [1.54, 1.807) is 0 Å². The lowest BCUT2D eigenvalue weighted by molar-refractivity contribution is -0.132. The van der Waals surface area contributed by atoms with E-state index in [1.807, 2.05) is 14.5 Å². The Morgan fingerprint density at radius 2 is 1.73 bits per heavy atom. The van der Waals surface area contributed by atoms with Crippen molar-refractivity contribution in [2.75, 3.05) is 64.3 Å². The Hall–Kier alpha value is -2.87. The number of hydrogen-bond donors (Lipinski definition) is 0. The molecule has 7 aliphatic rings. The van der Waals surface area contributed by atoms with Gasteiger partial charge in [0, 0.05) is 74.1 Å². The van der Waals surface area contributed by atoms with Crippen molar-refractivity contribution in [3.63, 3.8) is 0 Å². The van der Waals surface area contributed by atoms with Gasteiger partial charge < -0.3 is 19.6 Å². The number of carbonyl (C=O) groups is 2. The number of piperazine rings is 1. The average Bonchev–Trinajstić information content (AvgIpc) is 3.51. The molecule has 2 bridgehead atoms. The highest BCUT2D eigenvalue weighted by Crippen LogP contribution is 2.88. The maximum atomic E-state index is 13.5. The molecule has 0 radical (unpaired) electrons. The lowest BCUT2D eigenvalue weighted by atomic mass is 9.79. The molecule has 2 aromatic rings. The van der Waals surface area contributed by atoms with E-state index in [4.69, 9.17) is 5.10 Å². The van der Waals surface area contributed by atoms with E-state index in [1.165, 1.54) is 34.5 Å². The molecule has 4 atom stereocenters. The van der Waals surface area contributed by atoms with Crippen molar-refractivity contribution in [1.29, 1.82) is 0 Å². The third-order valence-corrected chi connectivity index (χ3v) is 10.5. The van der Waals surface area contributed by atoms with Crippen LogP contribution in [0.25, 0.3) is 0 Å². The lowest BCUT2D eigenvalue weighted by Crippen LogP contribution is -2.59. The van der Waals surface area contributed by atoms with Crippen LogP contribution in [0.3, 0.4) is 0 Å². The summed E-state index contributed by atoms with van der Waals surface area (Å²) in [7, 11) is 2.17. The van der Waals surface area contributed by atoms with Crippen LogP contribution in [0.15, 0.2) is 18.2 Å². The first-order chi connectivity index (χ1) is 17.8. The van der Waals surface area contributed by atoms with Gasteiger partial charge in [0.1, 0.15) is 6.54 Å². The Bertz CT molecular complexity index is 1320. The summed E-state index contributed by atoms with van der Waals surface area (Å²) in [5.41, 5.74) is 7.25. The van der Waals surface area contributed by atoms with E-state index in [2.05, 4.69) is 48.9 Å². The molecule has 0 N–H and O–H groups in total. The second kappa shape index (κ2) is 7.37. The van der Waals surface area contributed by atoms with Crippen LogP contribution >= 0.6 is 0 Å². The van der Waals surface area contributed by atoms with E-state index >= 15 is 0 Å². The third-order valence-electron chi connectivity index (χ3n) is 10.5. The van der Waals surface area contributed by atoms with Crippen molar-refractivity contribution in [1.82, 2.24) is 24.5 Å². The minimum atomic E-state index is 0.0942. The van der Waals surface area contributed by atoms with E-state index in [-0.39, 0.29) is 18.4 Å². The van der Waals surface area contributed by atoms with Crippen LogP contribution in [0, 0.1) is 31.1 Å². The van der Waals surface area contributed by atoms with Gasteiger partial charge in [-0.25, -0.2) is 0 Å². The molecule has 8 nitrogen and oxygen atoms in total. The number of aryl methyl sites for hydroxylation is 1. The van der Waals surface area contributed by atoms with Crippen LogP contribution in [0.1, 0.15) is 51.1 Å². The molecule has 1 aromatic heterocycles. The van der Waals surface area contributed by atoms with E-state index < -0.39 is 0 Å². The average molecular weight is 501 g/mol. The number of amides is 2. The van der Waals surface area contributed by atoms with Gasteiger partial charge in [0.15, 0.2) is 5.69 Å². The lowest BCUT2D eigenvalue weighted by Gasteiger charge is -2.47. The first-order valence-electron chi connectivity index (χ1n) is 14.0. The fourth-order valence-corrected chi connectivity index (χ4v) is 8.19. The second-order valence-electron chi connectivity index (χ2n) is 12.7. The second-order valence-corrected chi connectivity index (χ2v) is 12.7. The molecule has 2 unspecified atom stereocenters. The molecular weight excluding hydrogens is 464 g/mol. The van der Waals surface area contributed by atoms with Crippen LogP contribution in [-0.4, -0.2) is 95.7 Å². The molecule has 1 aromatic carbocycles. The zero-order valence-electron chi connectivity index (χ0n) is 22.1. The van der Waals surface area contributed by atoms with Crippen molar-refractivity contribution in [2.24, 2.45) is 17.3 Å². The van der Waals surface area contributed by atoms with Crippen molar-refractivity contribution in [3.8, 4) is 0 Å². The maximum Gasteiger partial charge on any atom is 0.274 e. The third kappa shape index (κ3) is 3.08. The summed E-state index contributed by atoms with van der Waals surface area (Å²) >= 11 is 0. The largest absolute Gasteiger partial charge is 0.368 e. The molecule has 4 aliphatic carbocycles. The molecule has 5 fully saturated rings. The van der Waals surface area contributed by atoms with Gasteiger partial charge in [-0.2, -0.15) is 5.10 Å². The van der Waals surface area contributed by atoms with Gasteiger partial charge in [-0.1, -0.05) is 12.1 Å². The maximum absolute atomic E-state index is 13.5. The van der Waals surface area contributed by atoms with Gasteiger partial charge in [0.25, 0.3) is 5.91 Å². The summed E-state index contributed by atoms with van der Waals surface area (Å²) in [6.07, 6.45) is 1.18. The first-order valence-corrected chi connectivity index (χ1v) is 14.0. The monoisotopic (exact) mass is 500 g/mol. The summed E-state index contributed by atoms with van der Waals surface area (Å²) in [5, 5.41) is 4.83. The molecule has 194 valence electrons. The van der Waals surface area contributed by atoms with Gasteiger partial charge in [-0.05, 0) is 68.8 Å². The van der Waals surface area contributed by atoms with Crippen molar-refractivity contribution in [3.05, 3.63) is 46.3 Å². The minimum Gasteiger partial charge on any atom is -0.368 e. The topological polar surface area (TPSA) is 64.9 Å². The smallest absolute Gasteiger partial charge is 0.274 e. The van der Waals surface area contributed by atoms with Crippen molar-refractivity contribution >= 4 is 17.5 Å². The van der Waals surface area contributed by atoms with Gasteiger partial charge in [0.05, 0.1) is 0 Å². The number of anilines is 1. The molecular formula is C29H36N6O2. The van der Waals surface area contributed by atoms with Crippen LogP contribution in [0.2, 0.25) is 0 Å². The number of likely N-dealkylation sites (tertiary alicyclic amines) is 2. The standard InChI is InChI=1S/C29H36N6O2/c1-17-5-4-6-19(18(17)2)32-9-11-33(12-10-32)20(36)13-35-27-24-21-22(24)23(21)25(27)26(30-35)28(37)34-15-29(16-34)7-8-31(3)14-29/h4-6,21-24H,7-16H2,1-3H3/t21-,22?,23-,24?/m0/s1. The Labute approximate surface area is 218 Å². The van der Waals surface area contributed by atoms with Gasteiger partial charge in [-0.15, -0.1) is 0 Å². The number of carbonyl (C=O) groups excluding carboxylic acids is 2. The molecule has 2 amide bonds. The Kier molecular flexibility index (Phi) is 4.41. The highest BCUT2D eigenvalue weighted by atomic mass is 16.2. The zero-order valence-corrected chi connectivity index (χ0v) is 22.1. The van der Waals surface area contributed by atoms with Crippen LogP contribution in [0.5, 0.6) is 0 Å². The zero-order chi connectivity index (χ0) is 25.2. The van der Waals surface area contributed by atoms with Crippen LogP contribution in [0.4, 0.5) is 5.69 Å². The molecule has 1 spiro atoms. The van der Waals surface area contributed by atoms with Gasteiger partial charge >= 0.3 is 0 Å². The summed E-state index contributed by atoms with van der Waals surface area (Å²) < 4.78 is 1.92. The molecule has 3 saturated heterocycles. The molecule has 8 heteroatoms. The molecule has 2 saturated carbocycles.